The van der Waals surface area contributed by atoms with Crippen molar-refractivity contribution >= 4 is 41.7 Å². The second-order valence-corrected chi connectivity index (χ2v) is 6.04. The lowest BCUT2D eigenvalue weighted by molar-refractivity contribution is 0.433. The molecule has 0 amide bonds. The quantitative estimate of drug-likeness (QED) is 0.575. The van der Waals surface area contributed by atoms with Gasteiger partial charge < -0.3 is 10.8 Å². The van der Waals surface area contributed by atoms with Gasteiger partial charge in [0.2, 0.25) is 0 Å². The van der Waals surface area contributed by atoms with E-state index in [1.807, 2.05) is 33.8 Å². The van der Waals surface area contributed by atoms with Crippen LogP contribution in [0, 0.1) is 12.3 Å². The zero-order valence-electron chi connectivity index (χ0n) is 11.5. The van der Waals surface area contributed by atoms with E-state index in [4.69, 9.17) is 11.1 Å². The molecule has 19 heavy (non-hydrogen) atoms. The molecule has 0 fully saturated rings. The normalized spacial score (nSPS) is 10.3. The van der Waals surface area contributed by atoms with Crippen LogP contribution in [0.5, 0.6) is 5.75 Å². The van der Waals surface area contributed by atoms with Crippen LogP contribution < -0.4 is 5.73 Å². The molecule has 0 saturated carbocycles. The highest BCUT2D eigenvalue weighted by atomic mass is 35.5. The fourth-order valence-electron chi connectivity index (χ4n) is 1.52. The number of hydrogen-bond acceptors (Lipinski definition) is 4. The van der Waals surface area contributed by atoms with Crippen LogP contribution >= 0.6 is 36.6 Å². The number of nitrogens with zero attached hydrogens (tertiary/aromatic N) is 1. The van der Waals surface area contributed by atoms with E-state index in [9.17, 15) is 5.11 Å². The number of aromatic nitrogens is 1. The van der Waals surface area contributed by atoms with Crippen LogP contribution in [0.15, 0.2) is 6.07 Å². The summed E-state index contributed by atoms with van der Waals surface area (Å²) in [4.78, 5) is 4.39. The monoisotopic (exact) mass is 325 g/mol. The standard InChI is InChI=1S/C12H19N3OS.2ClH/c1-7-5-8(6-17-11(13)14)9(16)10(15-7)12(2,3)4;;/h5,16H,6H2,1-4H3,(H3,13,14);2*1H. The second-order valence-electron chi connectivity index (χ2n) is 5.02. The average Bonchev–Trinajstić information content (AvgIpc) is 2.17. The Bertz CT molecular complexity index is 447. The molecule has 0 saturated heterocycles. The average molecular weight is 326 g/mol. The minimum Gasteiger partial charge on any atom is -0.506 e. The lowest BCUT2D eigenvalue weighted by atomic mass is 9.89. The molecule has 0 spiro atoms. The third-order valence-corrected chi connectivity index (χ3v) is 3.06. The number of aromatic hydroxyl groups is 1. The first-order valence-electron chi connectivity index (χ1n) is 5.38. The summed E-state index contributed by atoms with van der Waals surface area (Å²) < 4.78 is 0. The Morgan fingerprint density at radius 1 is 1.42 bits per heavy atom. The maximum absolute atomic E-state index is 10.2. The first-order valence-corrected chi connectivity index (χ1v) is 6.37. The molecule has 0 aliphatic rings. The summed E-state index contributed by atoms with van der Waals surface area (Å²) in [6, 6.07) is 1.83. The Kier molecular flexibility index (Phi) is 8.51. The summed E-state index contributed by atoms with van der Waals surface area (Å²) in [5.74, 6) is 0.713. The highest BCUT2D eigenvalue weighted by molar-refractivity contribution is 8.13. The lowest BCUT2D eigenvalue weighted by Crippen LogP contribution is -2.15. The second kappa shape index (κ2) is 7.82. The third kappa shape index (κ3) is 5.89. The van der Waals surface area contributed by atoms with E-state index >= 15 is 0 Å². The first kappa shape index (κ1) is 20.7. The molecule has 0 radical (unpaired) electrons. The summed E-state index contributed by atoms with van der Waals surface area (Å²) in [5.41, 5.74) is 7.44. The Morgan fingerprint density at radius 3 is 2.37 bits per heavy atom. The van der Waals surface area contributed by atoms with Crippen LogP contribution in [0.25, 0.3) is 0 Å². The summed E-state index contributed by atoms with van der Waals surface area (Å²) in [7, 11) is 0. The Hall–Kier alpha value is -0.650. The van der Waals surface area contributed by atoms with Gasteiger partial charge in [0.25, 0.3) is 0 Å². The van der Waals surface area contributed by atoms with Gasteiger partial charge in [-0.2, -0.15) is 0 Å². The van der Waals surface area contributed by atoms with Crippen molar-refractivity contribution in [1.82, 2.24) is 4.98 Å². The number of thioether (sulfide) groups is 1. The fourth-order valence-corrected chi connectivity index (χ4v) is 2.05. The van der Waals surface area contributed by atoms with Crippen molar-refractivity contribution in [3.63, 3.8) is 0 Å². The molecule has 0 aromatic carbocycles. The predicted octanol–water partition coefficient (Wildman–Crippen LogP) is 3.36. The van der Waals surface area contributed by atoms with Crippen LogP contribution in [0.4, 0.5) is 0 Å². The number of nitrogens with two attached hydrogens (primary N) is 1. The molecular formula is C12H21Cl2N3OS. The largest absolute Gasteiger partial charge is 0.506 e. The van der Waals surface area contributed by atoms with Gasteiger partial charge in [-0.05, 0) is 13.0 Å². The van der Waals surface area contributed by atoms with E-state index < -0.39 is 0 Å². The molecule has 110 valence electrons. The SMILES string of the molecule is Cc1cc(CSC(=N)N)c(O)c(C(C)(C)C)n1.Cl.Cl. The zero-order valence-corrected chi connectivity index (χ0v) is 13.9. The molecule has 7 heteroatoms. The van der Waals surface area contributed by atoms with Gasteiger partial charge in [-0.3, -0.25) is 10.4 Å². The van der Waals surface area contributed by atoms with E-state index in [1.165, 1.54) is 11.8 Å². The van der Waals surface area contributed by atoms with E-state index in [2.05, 4.69) is 4.98 Å². The van der Waals surface area contributed by atoms with Crippen molar-refractivity contribution in [2.45, 2.75) is 38.9 Å². The van der Waals surface area contributed by atoms with Gasteiger partial charge in [-0.15, -0.1) is 24.8 Å². The Labute approximate surface area is 130 Å². The minimum absolute atomic E-state index is 0. The predicted molar refractivity (Wildman–Crippen MR) is 87.0 cm³/mol. The Morgan fingerprint density at radius 2 is 1.95 bits per heavy atom. The number of hydrogen-bond donors (Lipinski definition) is 3. The van der Waals surface area contributed by atoms with E-state index in [-0.39, 0.29) is 41.1 Å². The van der Waals surface area contributed by atoms with Crippen molar-refractivity contribution in [3.8, 4) is 5.75 Å². The number of aryl methyl sites for hydroxylation is 1. The van der Waals surface area contributed by atoms with Crippen LogP contribution in [-0.2, 0) is 11.2 Å². The summed E-state index contributed by atoms with van der Waals surface area (Å²) in [5, 5.41) is 17.4. The molecule has 4 N–H and O–H groups in total. The van der Waals surface area contributed by atoms with Crippen LogP contribution in [0.1, 0.15) is 37.7 Å². The first-order chi connectivity index (χ1) is 7.71. The smallest absolute Gasteiger partial charge is 0.151 e. The van der Waals surface area contributed by atoms with E-state index in [0.29, 0.717) is 11.4 Å². The number of halogens is 2. The molecule has 0 aliphatic carbocycles. The van der Waals surface area contributed by atoms with Gasteiger partial charge in [0.1, 0.15) is 5.75 Å². The van der Waals surface area contributed by atoms with Crippen molar-refractivity contribution in [3.05, 3.63) is 23.0 Å². The summed E-state index contributed by atoms with van der Waals surface area (Å²) in [6.45, 7) is 7.93. The van der Waals surface area contributed by atoms with E-state index in [1.54, 1.807) is 0 Å². The van der Waals surface area contributed by atoms with Gasteiger partial charge in [-0.25, -0.2) is 0 Å². The number of pyridine rings is 1. The van der Waals surface area contributed by atoms with Gasteiger partial charge >= 0.3 is 0 Å². The molecule has 1 heterocycles. The highest BCUT2D eigenvalue weighted by Gasteiger charge is 2.22. The molecule has 0 unspecified atom stereocenters. The zero-order chi connectivity index (χ0) is 13.2. The molecular weight excluding hydrogens is 305 g/mol. The van der Waals surface area contributed by atoms with E-state index in [0.717, 1.165) is 11.3 Å². The van der Waals surface area contributed by atoms with Crippen molar-refractivity contribution in [2.24, 2.45) is 5.73 Å². The number of nitrogens with one attached hydrogen (secondary N) is 1. The maximum atomic E-state index is 10.2. The highest BCUT2D eigenvalue weighted by Crippen LogP contribution is 2.33. The molecule has 1 aromatic heterocycles. The lowest BCUT2D eigenvalue weighted by Gasteiger charge is -2.21. The summed E-state index contributed by atoms with van der Waals surface area (Å²) in [6.07, 6.45) is 0. The van der Waals surface area contributed by atoms with Crippen LogP contribution in [0.2, 0.25) is 0 Å². The van der Waals surface area contributed by atoms with Crippen molar-refractivity contribution < 1.29 is 5.11 Å². The van der Waals surface area contributed by atoms with Crippen molar-refractivity contribution in [1.29, 1.82) is 5.41 Å². The van der Waals surface area contributed by atoms with Gasteiger partial charge in [0, 0.05) is 22.4 Å². The minimum atomic E-state index is -0.203. The number of amidine groups is 1. The molecule has 0 atom stereocenters. The summed E-state index contributed by atoms with van der Waals surface area (Å²) >= 11 is 1.20. The topological polar surface area (TPSA) is 83.0 Å². The van der Waals surface area contributed by atoms with Gasteiger partial charge in [0.15, 0.2) is 5.17 Å². The fraction of sp³-hybridized carbons (Fsp3) is 0.500. The third-order valence-electron chi connectivity index (χ3n) is 2.29. The van der Waals surface area contributed by atoms with Crippen LogP contribution in [0.3, 0.4) is 0 Å². The number of rotatable bonds is 2. The van der Waals surface area contributed by atoms with Crippen molar-refractivity contribution in [2.75, 3.05) is 0 Å². The molecule has 1 rings (SSSR count). The molecule has 0 bridgehead atoms. The maximum Gasteiger partial charge on any atom is 0.151 e. The molecule has 4 nitrogen and oxygen atoms in total. The molecule has 1 aromatic rings. The Balaban J connectivity index is 0. The van der Waals surface area contributed by atoms with Gasteiger partial charge in [0.05, 0.1) is 5.69 Å². The van der Waals surface area contributed by atoms with Gasteiger partial charge in [-0.1, -0.05) is 32.5 Å². The molecule has 0 aliphatic heterocycles. The van der Waals surface area contributed by atoms with Crippen LogP contribution in [-0.4, -0.2) is 15.3 Å².